The van der Waals surface area contributed by atoms with Crippen LogP contribution < -0.4 is 5.32 Å². The number of ether oxygens (including phenoxy) is 5. The molecule has 0 unspecified atom stereocenters. The van der Waals surface area contributed by atoms with Crippen LogP contribution in [-0.2, 0) is 35.1 Å². The Hall–Kier alpha value is -2.55. The predicted molar refractivity (Wildman–Crippen MR) is 117 cm³/mol. The van der Waals surface area contributed by atoms with E-state index in [1.165, 1.54) is 6.92 Å². The maximum Gasteiger partial charge on any atom is 0.217 e. The van der Waals surface area contributed by atoms with Gasteiger partial charge in [-0.1, -0.05) is 66.7 Å². The third-order valence-corrected chi connectivity index (χ3v) is 5.44. The molecule has 0 bridgehead atoms. The van der Waals surface area contributed by atoms with E-state index >= 15 is 0 Å². The topological polar surface area (TPSA) is 75.2 Å². The largest absolute Gasteiger partial charge is 0.368 e. The van der Waals surface area contributed by atoms with Crippen LogP contribution in [0.15, 0.2) is 73.3 Å². The molecule has 2 aromatic rings. The zero-order chi connectivity index (χ0) is 22.3. The van der Waals surface area contributed by atoms with Gasteiger partial charge in [0, 0.05) is 12.5 Å². The molecule has 170 valence electrons. The second-order valence-corrected chi connectivity index (χ2v) is 7.83. The first-order valence-electron chi connectivity index (χ1n) is 10.8. The van der Waals surface area contributed by atoms with Crippen LogP contribution in [0.2, 0.25) is 0 Å². The van der Waals surface area contributed by atoms with E-state index in [1.54, 1.807) is 6.08 Å². The average molecular weight is 440 g/mol. The van der Waals surface area contributed by atoms with Gasteiger partial charge in [-0.05, 0) is 5.56 Å². The van der Waals surface area contributed by atoms with E-state index in [1.807, 2.05) is 60.7 Å². The average Bonchev–Trinajstić information content (AvgIpc) is 2.82. The van der Waals surface area contributed by atoms with E-state index in [2.05, 4.69) is 11.9 Å². The predicted octanol–water partition coefficient (Wildman–Crippen LogP) is 3.12. The van der Waals surface area contributed by atoms with E-state index in [0.29, 0.717) is 13.2 Å². The second kappa shape index (κ2) is 10.8. The van der Waals surface area contributed by atoms with Crippen molar-refractivity contribution in [3.8, 4) is 0 Å². The quantitative estimate of drug-likeness (QED) is 0.637. The van der Waals surface area contributed by atoms with Gasteiger partial charge in [-0.25, -0.2) is 0 Å². The number of carbonyl (C=O) groups excluding carboxylic acids is 1. The lowest BCUT2D eigenvalue weighted by atomic mass is 9.95. The monoisotopic (exact) mass is 439 g/mol. The van der Waals surface area contributed by atoms with Gasteiger partial charge in [0.2, 0.25) is 5.91 Å². The van der Waals surface area contributed by atoms with Crippen LogP contribution in [0.5, 0.6) is 0 Å². The van der Waals surface area contributed by atoms with Gasteiger partial charge in [0.05, 0.1) is 19.8 Å². The molecule has 2 aliphatic heterocycles. The highest BCUT2D eigenvalue weighted by molar-refractivity contribution is 5.73. The molecule has 2 aromatic carbocycles. The van der Waals surface area contributed by atoms with Crippen molar-refractivity contribution >= 4 is 5.91 Å². The molecule has 2 aliphatic rings. The van der Waals surface area contributed by atoms with Crippen LogP contribution in [0.4, 0.5) is 0 Å². The highest BCUT2D eigenvalue weighted by atomic mass is 16.7. The highest BCUT2D eigenvalue weighted by Gasteiger charge is 2.51. The Morgan fingerprint density at radius 1 is 1.09 bits per heavy atom. The Balaban J connectivity index is 1.59. The Kier molecular flexibility index (Phi) is 7.68. The van der Waals surface area contributed by atoms with Gasteiger partial charge < -0.3 is 29.0 Å². The maximum atomic E-state index is 12.0. The first-order chi connectivity index (χ1) is 15.7. The van der Waals surface area contributed by atoms with E-state index in [-0.39, 0.29) is 12.5 Å². The number of benzene rings is 2. The molecule has 0 radical (unpaired) electrons. The minimum absolute atomic E-state index is 0.204. The Morgan fingerprint density at radius 2 is 1.81 bits per heavy atom. The summed E-state index contributed by atoms with van der Waals surface area (Å²) in [5, 5.41) is 2.95. The molecule has 2 fully saturated rings. The summed E-state index contributed by atoms with van der Waals surface area (Å²) in [4.78, 5) is 12.0. The molecule has 1 amide bonds. The van der Waals surface area contributed by atoms with E-state index in [9.17, 15) is 4.79 Å². The smallest absolute Gasteiger partial charge is 0.217 e. The third kappa shape index (κ3) is 5.43. The van der Waals surface area contributed by atoms with Crippen molar-refractivity contribution in [1.29, 1.82) is 0 Å². The second-order valence-electron chi connectivity index (χ2n) is 7.83. The molecule has 7 nitrogen and oxygen atoms in total. The number of hydrogen-bond acceptors (Lipinski definition) is 6. The Labute approximate surface area is 188 Å². The Morgan fingerprint density at radius 3 is 2.50 bits per heavy atom. The number of nitrogens with one attached hydrogen (secondary N) is 1. The summed E-state index contributed by atoms with van der Waals surface area (Å²) in [5.41, 5.74) is 1.93. The standard InChI is InChI=1S/C25H29NO6/c1-3-14-28-25-21(26-17(2)27)23(29-15-18-10-6-4-7-11-18)22-20(31-25)16-30-24(32-22)19-12-8-5-9-13-19/h3-13,20-25H,1,14-16H2,2H3,(H,26,27)/t20-,21-,22-,23-,24-,25+/m1/s1. The van der Waals surface area contributed by atoms with E-state index in [0.717, 1.165) is 11.1 Å². The lowest BCUT2D eigenvalue weighted by molar-refractivity contribution is -0.348. The van der Waals surface area contributed by atoms with Gasteiger partial charge in [0.25, 0.3) is 0 Å². The van der Waals surface area contributed by atoms with Crippen LogP contribution in [0.3, 0.4) is 0 Å². The van der Waals surface area contributed by atoms with Crippen molar-refractivity contribution in [3.63, 3.8) is 0 Å². The van der Waals surface area contributed by atoms with E-state index in [4.69, 9.17) is 23.7 Å². The number of fused-ring (bicyclic) bond motifs is 1. The lowest BCUT2D eigenvalue weighted by Gasteiger charge is -2.49. The first-order valence-corrected chi connectivity index (χ1v) is 10.8. The van der Waals surface area contributed by atoms with Crippen LogP contribution in [0.1, 0.15) is 24.3 Å². The molecule has 4 rings (SSSR count). The van der Waals surface area contributed by atoms with Crippen LogP contribution >= 0.6 is 0 Å². The summed E-state index contributed by atoms with van der Waals surface area (Å²) in [6.45, 7) is 6.12. The highest BCUT2D eigenvalue weighted by Crippen LogP contribution is 2.36. The summed E-state index contributed by atoms with van der Waals surface area (Å²) in [5.74, 6) is -0.204. The number of amides is 1. The number of carbonyl (C=O) groups is 1. The molecular formula is C25H29NO6. The normalized spacial score (nSPS) is 29.7. The van der Waals surface area contributed by atoms with Crippen LogP contribution in [0, 0.1) is 0 Å². The molecule has 0 aliphatic carbocycles. The molecule has 6 atom stereocenters. The number of rotatable bonds is 8. The van der Waals surface area contributed by atoms with Gasteiger partial charge in [-0.2, -0.15) is 0 Å². The van der Waals surface area contributed by atoms with Crippen molar-refractivity contribution in [1.82, 2.24) is 5.32 Å². The molecule has 0 aromatic heterocycles. The lowest BCUT2D eigenvalue weighted by Crippen LogP contribution is -2.67. The van der Waals surface area contributed by atoms with Crippen LogP contribution in [-0.4, -0.2) is 49.8 Å². The van der Waals surface area contributed by atoms with Crippen molar-refractivity contribution in [2.75, 3.05) is 13.2 Å². The van der Waals surface area contributed by atoms with Gasteiger partial charge in [0.15, 0.2) is 12.6 Å². The third-order valence-electron chi connectivity index (χ3n) is 5.44. The summed E-state index contributed by atoms with van der Waals surface area (Å²) in [6.07, 6.45) is -1.01. The van der Waals surface area contributed by atoms with Gasteiger partial charge >= 0.3 is 0 Å². The summed E-state index contributed by atoms with van der Waals surface area (Å²) in [6, 6.07) is 19.0. The fraction of sp³-hybridized carbons (Fsp3) is 0.400. The minimum atomic E-state index is -0.723. The molecule has 0 spiro atoms. The van der Waals surface area contributed by atoms with Crippen molar-refractivity contribution in [3.05, 3.63) is 84.4 Å². The fourth-order valence-corrected chi connectivity index (χ4v) is 4.01. The zero-order valence-corrected chi connectivity index (χ0v) is 18.1. The van der Waals surface area contributed by atoms with Gasteiger partial charge in [-0.15, -0.1) is 6.58 Å². The molecular weight excluding hydrogens is 410 g/mol. The summed E-state index contributed by atoms with van der Waals surface area (Å²) >= 11 is 0. The summed E-state index contributed by atoms with van der Waals surface area (Å²) < 4.78 is 30.7. The van der Waals surface area contributed by atoms with E-state index < -0.39 is 36.9 Å². The maximum absolute atomic E-state index is 12.0. The molecule has 7 heteroatoms. The molecule has 2 saturated heterocycles. The summed E-state index contributed by atoms with van der Waals surface area (Å²) in [7, 11) is 0. The van der Waals surface area contributed by atoms with Gasteiger partial charge in [-0.3, -0.25) is 4.79 Å². The van der Waals surface area contributed by atoms with Crippen LogP contribution in [0.25, 0.3) is 0 Å². The van der Waals surface area contributed by atoms with Crippen molar-refractivity contribution in [2.24, 2.45) is 0 Å². The molecule has 2 heterocycles. The molecule has 32 heavy (non-hydrogen) atoms. The molecule has 1 N–H and O–H groups in total. The Bertz CT molecular complexity index is 877. The SMILES string of the molecule is C=CCO[C@H]1O[C@@H]2CO[C@@H](c3ccccc3)O[C@H]2[C@H](OCc2ccccc2)[C@H]1NC(C)=O. The zero-order valence-electron chi connectivity index (χ0n) is 18.1. The van der Waals surface area contributed by atoms with Crippen molar-refractivity contribution in [2.45, 2.75) is 50.5 Å². The molecule has 0 saturated carbocycles. The first kappa shape index (κ1) is 22.6. The fourth-order valence-electron chi connectivity index (χ4n) is 4.01. The minimum Gasteiger partial charge on any atom is -0.368 e. The van der Waals surface area contributed by atoms with Crippen molar-refractivity contribution < 1.29 is 28.5 Å². The van der Waals surface area contributed by atoms with Gasteiger partial charge in [0.1, 0.15) is 24.4 Å². The number of hydrogen-bond donors (Lipinski definition) is 1.